The van der Waals surface area contributed by atoms with Gasteiger partial charge in [0.2, 0.25) is 5.95 Å². The Hall–Kier alpha value is -0.580. The van der Waals surface area contributed by atoms with Crippen LogP contribution in [0.1, 0.15) is 6.92 Å². The zero-order valence-electron chi connectivity index (χ0n) is 8.28. The number of halogens is 2. The summed E-state index contributed by atoms with van der Waals surface area (Å²) >= 11 is 11.6. The monoisotopic (exact) mass is 247 g/mol. The lowest BCUT2D eigenvalue weighted by atomic mass is 10.3. The lowest BCUT2D eigenvalue weighted by molar-refractivity contribution is 0.0981. The van der Waals surface area contributed by atoms with Gasteiger partial charge in [-0.25, -0.2) is 9.97 Å². The summed E-state index contributed by atoms with van der Waals surface area (Å²) in [7, 11) is 0. The topological polar surface area (TPSA) is 38.2 Å². The van der Waals surface area contributed by atoms with E-state index in [2.05, 4.69) is 16.9 Å². The number of hydrogen-bond donors (Lipinski definition) is 0. The number of hydrogen-bond acceptors (Lipinski definition) is 4. The normalized spacial score (nSPS) is 21.8. The van der Waals surface area contributed by atoms with Crippen molar-refractivity contribution >= 4 is 29.2 Å². The molecule has 0 bridgehead atoms. The molecule has 1 aromatic heterocycles. The predicted octanol–water partition coefficient (Wildman–Crippen LogP) is 2.01. The van der Waals surface area contributed by atoms with Gasteiger partial charge in [-0.1, -0.05) is 23.2 Å². The molecule has 1 fully saturated rings. The third-order valence-electron chi connectivity index (χ3n) is 2.28. The smallest absolute Gasteiger partial charge is 0.228 e. The van der Waals surface area contributed by atoms with Crippen LogP contribution in [-0.4, -0.2) is 35.8 Å². The highest BCUT2D eigenvalue weighted by molar-refractivity contribution is 6.33. The second-order valence-electron chi connectivity index (χ2n) is 3.43. The molecule has 0 spiro atoms. The third-order valence-corrected chi connectivity index (χ3v) is 2.66. The van der Waals surface area contributed by atoms with Crippen molar-refractivity contribution in [3.05, 3.63) is 16.4 Å². The van der Waals surface area contributed by atoms with E-state index in [1.165, 1.54) is 6.07 Å². The summed E-state index contributed by atoms with van der Waals surface area (Å²) in [6.45, 7) is 4.17. The molecule has 0 unspecified atom stereocenters. The standard InChI is InChI=1S/C9H11Cl2N3O/c1-6-5-15-3-2-14(6)9-12-7(10)4-8(11)13-9/h4,6H,2-3,5H2,1H3/t6-/m1/s1. The van der Waals surface area contributed by atoms with E-state index >= 15 is 0 Å². The summed E-state index contributed by atoms with van der Waals surface area (Å²) in [5.74, 6) is 0.573. The van der Waals surface area contributed by atoms with E-state index in [1.807, 2.05) is 4.90 Å². The second kappa shape index (κ2) is 4.51. The number of aromatic nitrogens is 2. The molecule has 6 heteroatoms. The van der Waals surface area contributed by atoms with E-state index in [9.17, 15) is 0 Å². The van der Waals surface area contributed by atoms with Crippen LogP contribution in [-0.2, 0) is 4.74 Å². The van der Waals surface area contributed by atoms with Crippen LogP contribution in [0.2, 0.25) is 10.3 Å². The molecule has 1 aromatic rings. The Morgan fingerprint density at radius 2 is 2.07 bits per heavy atom. The minimum atomic E-state index is 0.244. The van der Waals surface area contributed by atoms with Gasteiger partial charge in [-0.2, -0.15) is 0 Å². The molecule has 0 aromatic carbocycles. The van der Waals surface area contributed by atoms with Gasteiger partial charge in [0.15, 0.2) is 0 Å². The fraction of sp³-hybridized carbons (Fsp3) is 0.556. The van der Waals surface area contributed by atoms with Crippen molar-refractivity contribution in [1.82, 2.24) is 9.97 Å². The van der Waals surface area contributed by atoms with Crippen LogP contribution in [0.5, 0.6) is 0 Å². The van der Waals surface area contributed by atoms with E-state index in [0.29, 0.717) is 29.5 Å². The zero-order valence-corrected chi connectivity index (χ0v) is 9.79. The largest absolute Gasteiger partial charge is 0.377 e. The number of ether oxygens (including phenoxy) is 1. The maximum absolute atomic E-state index is 5.82. The van der Waals surface area contributed by atoms with E-state index < -0.39 is 0 Å². The van der Waals surface area contributed by atoms with Gasteiger partial charge in [-0.3, -0.25) is 0 Å². The minimum absolute atomic E-state index is 0.244. The first-order chi connectivity index (χ1) is 7.16. The average molecular weight is 248 g/mol. The molecule has 0 saturated carbocycles. The van der Waals surface area contributed by atoms with Crippen LogP contribution in [0.15, 0.2) is 6.07 Å². The maximum Gasteiger partial charge on any atom is 0.228 e. The highest BCUT2D eigenvalue weighted by atomic mass is 35.5. The molecule has 2 heterocycles. The molecular formula is C9H11Cl2N3O. The highest BCUT2D eigenvalue weighted by Gasteiger charge is 2.21. The van der Waals surface area contributed by atoms with Crippen LogP contribution in [0.4, 0.5) is 5.95 Å². The predicted molar refractivity (Wildman–Crippen MR) is 59.7 cm³/mol. The van der Waals surface area contributed by atoms with Crippen molar-refractivity contribution in [3.63, 3.8) is 0 Å². The van der Waals surface area contributed by atoms with Gasteiger partial charge in [0.05, 0.1) is 19.3 Å². The van der Waals surface area contributed by atoms with E-state index in [1.54, 1.807) is 0 Å². The van der Waals surface area contributed by atoms with Crippen LogP contribution in [0, 0.1) is 0 Å². The van der Waals surface area contributed by atoms with Crippen molar-refractivity contribution in [2.75, 3.05) is 24.7 Å². The molecule has 2 rings (SSSR count). The summed E-state index contributed by atoms with van der Waals surface area (Å²) in [5.41, 5.74) is 0. The highest BCUT2D eigenvalue weighted by Crippen LogP contribution is 2.20. The first kappa shape index (κ1) is 10.9. The number of rotatable bonds is 1. The molecule has 0 aliphatic carbocycles. The Balaban J connectivity index is 2.27. The van der Waals surface area contributed by atoms with Crippen molar-refractivity contribution in [1.29, 1.82) is 0 Å². The molecule has 0 radical (unpaired) electrons. The Bertz CT molecular complexity index is 341. The fourth-order valence-corrected chi connectivity index (χ4v) is 1.95. The summed E-state index contributed by atoms with van der Waals surface area (Å²) in [6.07, 6.45) is 0. The van der Waals surface area contributed by atoms with Gasteiger partial charge < -0.3 is 9.64 Å². The van der Waals surface area contributed by atoms with Crippen LogP contribution < -0.4 is 4.90 Å². The van der Waals surface area contributed by atoms with E-state index in [0.717, 1.165) is 6.54 Å². The van der Waals surface area contributed by atoms with Gasteiger partial charge in [0.25, 0.3) is 0 Å². The Kier molecular flexibility index (Phi) is 3.29. The average Bonchev–Trinajstić information content (AvgIpc) is 2.16. The summed E-state index contributed by atoms with van der Waals surface area (Å²) < 4.78 is 5.33. The molecule has 1 aliphatic rings. The number of morpholine rings is 1. The molecule has 1 saturated heterocycles. The quantitative estimate of drug-likeness (QED) is 0.712. The molecule has 1 atom stereocenters. The number of nitrogens with zero attached hydrogens (tertiary/aromatic N) is 3. The van der Waals surface area contributed by atoms with Gasteiger partial charge in [-0.05, 0) is 6.92 Å². The lowest BCUT2D eigenvalue weighted by Crippen LogP contribution is -2.44. The summed E-state index contributed by atoms with van der Waals surface area (Å²) in [6, 6.07) is 1.77. The van der Waals surface area contributed by atoms with Gasteiger partial charge in [0, 0.05) is 12.6 Å². The van der Waals surface area contributed by atoms with Crippen molar-refractivity contribution < 1.29 is 4.74 Å². The first-order valence-electron chi connectivity index (χ1n) is 4.71. The number of anilines is 1. The van der Waals surface area contributed by atoms with Crippen molar-refractivity contribution in [2.24, 2.45) is 0 Å². The van der Waals surface area contributed by atoms with Gasteiger partial charge in [0.1, 0.15) is 10.3 Å². The Morgan fingerprint density at radius 3 is 2.67 bits per heavy atom. The Morgan fingerprint density at radius 1 is 1.40 bits per heavy atom. The lowest BCUT2D eigenvalue weighted by Gasteiger charge is -2.33. The maximum atomic E-state index is 5.82. The minimum Gasteiger partial charge on any atom is -0.377 e. The molecule has 0 amide bonds. The first-order valence-corrected chi connectivity index (χ1v) is 5.47. The zero-order chi connectivity index (χ0) is 10.8. The molecular weight excluding hydrogens is 237 g/mol. The van der Waals surface area contributed by atoms with Crippen LogP contribution in [0.3, 0.4) is 0 Å². The van der Waals surface area contributed by atoms with E-state index in [4.69, 9.17) is 27.9 Å². The summed E-state index contributed by atoms with van der Waals surface area (Å²) in [5, 5.41) is 0.729. The van der Waals surface area contributed by atoms with E-state index in [-0.39, 0.29) is 6.04 Å². The van der Waals surface area contributed by atoms with Gasteiger partial charge in [-0.15, -0.1) is 0 Å². The third kappa shape index (κ3) is 2.51. The van der Waals surface area contributed by atoms with Gasteiger partial charge >= 0.3 is 0 Å². The van der Waals surface area contributed by atoms with Crippen molar-refractivity contribution in [2.45, 2.75) is 13.0 Å². The molecule has 82 valence electrons. The second-order valence-corrected chi connectivity index (χ2v) is 4.21. The van der Waals surface area contributed by atoms with Crippen LogP contribution in [0.25, 0.3) is 0 Å². The SMILES string of the molecule is C[C@@H]1COCCN1c1nc(Cl)cc(Cl)n1. The molecule has 0 N–H and O–H groups in total. The molecule has 1 aliphatic heterocycles. The van der Waals surface area contributed by atoms with Crippen molar-refractivity contribution in [3.8, 4) is 0 Å². The fourth-order valence-electron chi connectivity index (χ4n) is 1.53. The molecule has 4 nitrogen and oxygen atoms in total. The molecule has 15 heavy (non-hydrogen) atoms. The Labute approximate surface area is 98.2 Å². The summed E-state index contributed by atoms with van der Waals surface area (Å²) in [4.78, 5) is 10.3. The van der Waals surface area contributed by atoms with Crippen LogP contribution >= 0.6 is 23.2 Å².